The van der Waals surface area contributed by atoms with Gasteiger partial charge in [0.05, 0.1) is 12.7 Å². The molecule has 3 heterocycles. The van der Waals surface area contributed by atoms with Crippen molar-refractivity contribution in [3.8, 4) is 0 Å². The number of halogens is 1. The molecule has 2 atom stereocenters. The summed E-state index contributed by atoms with van der Waals surface area (Å²) in [4.78, 5) is 6.44. The molecule has 2 unspecified atom stereocenters. The van der Waals surface area contributed by atoms with Gasteiger partial charge in [-0.05, 0) is 25.0 Å². The Morgan fingerprint density at radius 1 is 1.14 bits per heavy atom. The Morgan fingerprint density at radius 2 is 2.05 bits per heavy atom. The molecule has 2 aliphatic heterocycles. The van der Waals surface area contributed by atoms with Crippen LogP contribution in [0.15, 0.2) is 30.5 Å². The first-order valence-electron chi connectivity index (χ1n) is 7.84. The number of para-hydroxylation sites is 1. The van der Waals surface area contributed by atoms with Gasteiger partial charge in [-0.3, -0.25) is 4.98 Å². The minimum atomic E-state index is -0.275. The average molecular weight is 302 g/mol. The van der Waals surface area contributed by atoms with Crippen molar-refractivity contribution in [2.75, 3.05) is 31.2 Å². The minimum Gasteiger partial charge on any atom is -0.375 e. The lowest BCUT2D eigenvalue weighted by molar-refractivity contribution is -0.0542. The van der Waals surface area contributed by atoms with E-state index in [1.165, 1.54) is 6.07 Å². The van der Waals surface area contributed by atoms with Crippen molar-refractivity contribution in [3.05, 3.63) is 36.3 Å². The molecule has 4 rings (SSSR count). The van der Waals surface area contributed by atoms with Gasteiger partial charge < -0.3 is 14.4 Å². The Hall–Kier alpha value is -1.72. The summed E-state index contributed by atoms with van der Waals surface area (Å²) in [7, 11) is 0. The molecule has 4 nitrogen and oxygen atoms in total. The molecule has 1 aromatic carbocycles. The van der Waals surface area contributed by atoms with Gasteiger partial charge in [0, 0.05) is 37.0 Å². The highest BCUT2D eigenvalue weighted by Gasteiger charge is 2.31. The minimum absolute atomic E-state index is 0.0908. The van der Waals surface area contributed by atoms with E-state index < -0.39 is 0 Å². The average Bonchev–Trinajstić information content (AvgIpc) is 3.09. The second-order valence-corrected chi connectivity index (χ2v) is 5.87. The van der Waals surface area contributed by atoms with Crippen LogP contribution < -0.4 is 4.90 Å². The molecule has 0 amide bonds. The first-order chi connectivity index (χ1) is 10.8. The number of fused-ring (bicyclic) bond motifs is 1. The molecule has 22 heavy (non-hydrogen) atoms. The van der Waals surface area contributed by atoms with Crippen molar-refractivity contribution in [1.82, 2.24) is 4.98 Å². The summed E-state index contributed by atoms with van der Waals surface area (Å²) in [5.41, 5.74) is 1.45. The predicted molar refractivity (Wildman–Crippen MR) is 82.6 cm³/mol. The van der Waals surface area contributed by atoms with E-state index in [9.17, 15) is 4.39 Å². The number of pyridine rings is 1. The summed E-state index contributed by atoms with van der Waals surface area (Å²) >= 11 is 0. The van der Waals surface area contributed by atoms with E-state index in [2.05, 4.69) is 9.88 Å². The van der Waals surface area contributed by atoms with Crippen LogP contribution in [0.2, 0.25) is 0 Å². The zero-order valence-electron chi connectivity index (χ0n) is 12.4. The van der Waals surface area contributed by atoms with Gasteiger partial charge in [-0.1, -0.05) is 12.1 Å². The van der Waals surface area contributed by atoms with E-state index in [-0.39, 0.29) is 18.0 Å². The fourth-order valence-corrected chi connectivity index (χ4v) is 3.42. The number of benzene rings is 1. The van der Waals surface area contributed by atoms with E-state index in [1.54, 1.807) is 12.3 Å². The first-order valence-corrected chi connectivity index (χ1v) is 7.84. The molecule has 0 radical (unpaired) electrons. The molecule has 0 saturated carbocycles. The summed E-state index contributed by atoms with van der Waals surface area (Å²) in [6.45, 7) is 3.08. The van der Waals surface area contributed by atoms with Gasteiger partial charge >= 0.3 is 0 Å². The highest BCUT2D eigenvalue weighted by Crippen LogP contribution is 2.29. The largest absolute Gasteiger partial charge is 0.375 e. The van der Waals surface area contributed by atoms with Crippen molar-refractivity contribution in [2.24, 2.45) is 0 Å². The smallest absolute Gasteiger partial charge is 0.149 e. The van der Waals surface area contributed by atoms with E-state index in [0.717, 1.165) is 43.6 Å². The number of nitrogens with zero attached hydrogens (tertiary/aromatic N) is 2. The number of hydrogen-bond donors (Lipinski definition) is 0. The maximum atomic E-state index is 13.9. The first kappa shape index (κ1) is 13.9. The molecule has 2 saturated heterocycles. The van der Waals surface area contributed by atoms with Crippen molar-refractivity contribution < 1.29 is 13.9 Å². The maximum absolute atomic E-state index is 13.9. The van der Waals surface area contributed by atoms with E-state index in [0.29, 0.717) is 12.1 Å². The van der Waals surface area contributed by atoms with Crippen molar-refractivity contribution in [3.63, 3.8) is 0 Å². The Kier molecular flexibility index (Phi) is 3.68. The number of ether oxygens (including phenoxy) is 2. The van der Waals surface area contributed by atoms with Crippen LogP contribution in [0.4, 0.5) is 10.1 Å². The summed E-state index contributed by atoms with van der Waals surface area (Å²) in [5, 5.41) is 0.857. The lowest BCUT2D eigenvalue weighted by Gasteiger charge is -2.37. The number of rotatable bonds is 2. The fourth-order valence-electron chi connectivity index (χ4n) is 3.42. The standard InChI is InChI=1S/C17H19FN2O2/c18-13-4-1-3-12-14(6-7-19-17(12)13)20-8-10-22-16(11-20)15-5-2-9-21-15/h1,3-4,6-7,15-16H,2,5,8-11H2. The van der Waals surface area contributed by atoms with Crippen LogP contribution >= 0.6 is 0 Å². The number of morpholine rings is 1. The van der Waals surface area contributed by atoms with Gasteiger partial charge in [0.2, 0.25) is 0 Å². The molecule has 0 N–H and O–H groups in total. The van der Waals surface area contributed by atoms with Crippen molar-refractivity contribution in [2.45, 2.75) is 25.0 Å². The van der Waals surface area contributed by atoms with Crippen molar-refractivity contribution >= 4 is 16.6 Å². The summed E-state index contributed by atoms with van der Waals surface area (Å²) < 4.78 is 25.6. The molecule has 0 aliphatic carbocycles. The topological polar surface area (TPSA) is 34.6 Å². The summed E-state index contributed by atoms with van der Waals surface area (Å²) in [6.07, 6.45) is 4.12. The van der Waals surface area contributed by atoms with Crippen LogP contribution in [0.3, 0.4) is 0 Å². The summed E-state index contributed by atoms with van der Waals surface area (Å²) in [6, 6.07) is 7.07. The predicted octanol–water partition coefficient (Wildman–Crippen LogP) is 2.76. The lowest BCUT2D eigenvalue weighted by atomic mass is 10.1. The quantitative estimate of drug-likeness (QED) is 0.854. The molecular weight excluding hydrogens is 283 g/mol. The Balaban J connectivity index is 1.65. The number of hydrogen-bond acceptors (Lipinski definition) is 4. The van der Waals surface area contributed by atoms with Gasteiger partial charge in [-0.2, -0.15) is 0 Å². The van der Waals surface area contributed by atoms with Crippen LogP contribution in [0.5, 0.6) is 0 Å². The Morgan fingerprint density at radius 3 is 2.91 bits per heavy atom. The Bertz CT molecular complexity index is 673. The van der Waals surface area contributed by atoms with Crippen LogP contribution in [0, 0.1) is 5.82 Å². The lowest BCUT2D eigenvalue weighted by Crippen LogP contribution is -2.47. The van der Waals surface area contributed by atoms with Gasteiger partial charge in [0.25, 0.3) is 0 Å². The molecule has 5 heteroatoms. The third kappa shape index (κ3) is 2.44. The van der Waals surface area contributed by atoms with Crippen LogP contribution in [-0.2, 0) is 9.47 Å². The van der Waals surface area contributed by atoms with E-state index >= 15 is 0 Å². The maximum Gasteiger partial charge on any atom is 0.149 e. The van der Waals surface area contributed by atoms with Gasteiger partial charge in [0.15, 0.2) is 0 Å². The van der Waals surface area contributed by atoms with Crippen molar-refractivity contribution in [1.29, 1.82) is 0 Å². The molecule has 0 bridgehead atoms. The second-order valence-electron chi connectivity index (χ2n) is 5.87. The highest BCUT2D eigenvalue weighted by atomic mass is 19.1. The molecule has 1 aromatic heterocycles. The third-order valence-electron chi connectivity index (χ3n) is 4.51. The van der Waals surface area contributed by atoms with E-state index in [1.807, 2.05) is 12.1 Å². The van der Waals surface area contributed by atoms with E-state index in [4.69, 9.17) is 9.47 Å². The Labute approximate surface area is 128 Å². The van der Waals surface area contributed by atoms with Gasteiger partial charge in [0.1, 0.15) is 17.4 Å². The van der Waals surface area contributed by atoms with Gasteiger partial charge in [-0.25, -0.2) is 4.39 Å². The zero-order chi connectivity index (χ0) is 14.9. The second kappa shape index (κ2) is 5.82. The zero-order valence-corrected chi connectivity index (χ0v) is 12.4. The fraction of sp³-hybridized carbons (Fsp3) is 0.471. The van der Waals surface area contributed by atoms with Crippen LogP contribution in [0.1, 0.15) is 12.8 Å². The van der Waals surface area contributed by atoms with Gasteiger partial charge in [-0.15, -0.1) is 0 Å². The third-order valence-corrected chi connectivity index (χ3v) is 4.51. The molecule has 2 aromatic rings. The number of aromatic nitrogens is 1. The monoisotopic (exact) mass is 302 g/mol. The number of anilines is 1. The van der Waals surface area contributed by atoms with Crippen LogP contribution in [0.25, 0.3) is 10.9 Å². The SMILES string of the molecule is Fc1cccc2c(N3CCOC(C4CCCO4)C3)ccnc12. The highest BCUT2D eigenvalue weighted by molar-refractivity contribution is 5.91. The van der Waals surface area contributed by atoms with Crippen LogP contribution in [-0.4, -0.2) is 43.5 Å². The molecule has 2 aliphatic rings. The summed E-state index contributed by atoms with van der Waals surface area (Å²) in [5.74, 6) is -0.275. The molecular formula is C17H19FN2O2. The molecule has 0 spiro atoms. The molecule has 116 valence electrons. The normalized spacial score (nSPS) is 25.8. The molecule has 2 fully saturated rings.